The molecule has 132 valence electrons. The minimum Gasteiger partial charge on any atom is -0.497 e. The van der Waals surface area contributed by atoms with Crippen LogP contribution in [0.15, 0.2) is 42.5 Å². The van der Waals surface area contributed by atoms with Gasteiger partial charge < -0.3 is 10.1 Å². The van der Waals surface area contributed by atoms with Crippen molar-refractivity contribution in [2.75, 3.05) is 7.11 Å². The summed E-state index contributed by atoms with van der Waals surface area (Å²) in [6.45, 7) is 2.12. The Morgan fingerprint density at radius 1 is 1.08 bits per heavy atom. The molecule has 25 heavy (non-hydrogen) atoms. The monoisotopic (exact) mass is 337 g/mol. The topological polar surface area (TPSA) is 38.3 Å². The normalized spacial score (nSPS) is 14.5. The van der Waals surface area contributed by atoms with Gasteiger partial charge in [0, 0.05) is 0 Å². The average molecular weight is 337 g/mol. The molecule has 0 saturated heterocycles. The highest BCUT2D eigenvalue weighted by Gasteiger charge is 2.16. The first-order valence-corrected chi connectivity index (χ1v) is 9.23. The predicted molar refractivity (Wildman–Crippen MR) is 101 cm³/mol. The molecule has 2 aromatic carbocycles. The number of hydrogen-bond donors (Lipinski definition) is 1. The third kappa shape index (κ3) is 4.41. The lowest BCUT2D eigenvalue weighted by molar-refractivity contribution is -0.121. The second-order valence-corrected chi connectivity index (χ2v) is 6.79. The number of rotatable bonds is 6. The van der Waals surface area contributed by atoms with Crippen LogP contribution in [-0.2, 0) is 24.1 Å². The smallest absolute Gasteiger partial charge is 0.224 e. The summed E-state index contributed by atoms with van der Waals surface area (Å²) < 4.78 is 5.16. The molecule has 1 atom stereocenters. The largest absolute Gasteiger partial charge is 0.497 e. The molecule has 3 heteroatoms. The van der Waals surface area contributed by atoms with Crippen LogP contribution in [-0.4, -0.2) is 13.0 Å². The molecule has 0 aromatic heterocycles. The maximum Gasteiger partial charge on any atom is 0.224 e. The fourth-order valence-electron chi connectivity index (χ4n) is 3.57. The Kier molecular flexibility index (Phi) is 5.75. The van der Waals surface area contributed by atoms with Crippen LogP contribution in [0.5, 0.6) is 5.75 Å². The van der Waals surface area contributed by atoms with Crippen molar-refractivity contribution in [3.63, 3.8) is 0 Å². The Balaban J connectivity index is 1.65. The van der Waals surface area contributed by atoms with E-state index in [0.29, 0.717) is 6.42 Å². The van der Waals surface area contributed by atoms with Gasteiger partial charge in [-0.15, -0.1) is 0 Å². The van der Waals surface area contributed by atoms with Gasteiger partial charge in [0.25, 0.3) is 0 Å². The first-order chi connectivity index (χ1) is 12.2. The molecule has 2 aromatic rings. The van der Waals surface area contributed by atoms with Crippen molar-refractivity contribution in [1.82, 2.24) is 5.32 Å². The maximum atomic E-state index is 12.5. The molecular weight excluding hydrogens is 310 g/mol. The quantitative estimate of drug-likeness (QED) is 0.849. The van der Waals surface area contributed by atoms with Crippen LogP contribution in [0.25, 0.3) is 0 Å². The molecule has 0 aliphatic heterocycles. The minimum atomic E-state index is 0.0646. The number of benzene rings is 2. The van der Waals surface area contributed by atoms with E-state index in [1.807, 2.05) is 24.3 Å². The first-order valence-electron chi connectivity index (χ1n) is 9.23. The molecule has 1 aliphatic carbocycles. The molecule has 1 aliphatic rings. The first kappa shape index (κ1) is 17.5. The highest BCUT2D eigenvalue weighted by molar-refractivity contribution is 5.79. The standard InChI is InChI=1S/C22H27NO2/c1-3-21(19-11-10-17-6-4-5-7-18(17)15-19)23-22(24)14-16-8-12-20(25-2)13-9-16/h8-13,15,21H,3-7,14H2,1-2H3,(H,23,24). The van der Waals surface area contributed by atoms with Gasteiger partial charge in [0.2, 0.25) is 5.91 Å². The highest BCUT2D eigenvalue weighted by Crippen LogP contribution is 2.26. The number of amides is 1. The van der Waals surface area contributed by atoms with Crippen LogP contribution in [0.2, 0.25) is 0 Å². The molecule has 0 saturated carbocycles. The summed E-state index contributed by atoms with van der Waals surface area (Å²) in [6, 6.07) is 14.5. The minimum absolute atomic E-state index is 0.0646. The van der Waals surface area contributed by atoms with Gasteiger partial charge in [0.1, 0.15) is 5.75 Å². The summed E-state index contributed by atoms with van der Waals surface area (Å²) in [5, 5.41) is 3.20. The fourth-order valence-corrected chi connectivity index (χ4v) is 3.57. The predicted octanol–water partition coefficient (Wildman–Crippen LogP) is 4.38. The lowest BCUT2D eigenvalue weighted by Gasteiger charge is -2.22. The number of carbonyl (C=O) groups is 1. The van der Waals surface area contributed by atoms with E-state index in [2.05, 4.69) is 30.4 Å². The summed E-state index contributed by atoms with van der Waals surface area (Å²) in [7, 11) is 1.64. The zero-order valence-corrected chi connectivity index (χ0v) is 15.2. The molecule has 0 spiro atoms. The van der Waals surface area contributed by atoms with Crippen molar-refractivity contribution < 1.29 is 9.53 Å². The van der Waals surface area contributed by atoms with E-state index in [-0.39, 0.29) is 11.9 Å². The van der Waals surface area contributed by atoms with Gasteiger partial charge in [-0.25, -0.2) is 0 Å². The van der Waals surface area contributed by atoms with Gasteiger partial charge in [0.15, 0.2) is 0 Å². The Bertz CT molecular complexity index is 721. The number of carbonyl (C=O) groups excluding carboxylic acids is 1. The van der Waals surface area contributed by atoms with Crippen molar-refractivity contribution >= 4 is 5.91 Å². The number of nitrogens with one attached hydrogen (secondary N) is 1. The van der Waals surface area contributed by atoms with Gasteiger partial charge in [0.05, 0.1) is 19.6 Å². The molecule has 1 unspecified atom stereocenters. The number of ether oxygens (including phenoxy) is 1. The molecule has 0 heterocycles. The van der Waals surface area contributed by atoms with Crippen molar-refractivity contribution in [2.24, 2.45) is 0 Å². The van der Waals surface area contributed by atoms with E-state index in [9.17, 15) is 4.79 Å². The maximum absolute atomic E-state index is 12.5. The summed E-state index contributed by atoms with van der Waals surface area (Å²) >= 11 is 0. The lowest BCUT2D eigenvalue weighted by Crippen LogP contribution is -2.29. The Morgan fingerprint density at radius 2 is 1.80 bits per heavy atom. The van der Waals surface area contributed by atoms with E-state index < -0.39 is 0 Å². The Morgan fingerprint density at radius 3 is 2.48 bits per heavy atom. The van der Waals surface area contributed by atoms with Crippen molar-refractivity contribution in [3.05, 3.63) is 64.7 Å². The van der Waals surface area contributed by atoms with Crippen molar-refractivity contribution in [3.8, 4) is 5.75 Å². The van der Waals surface area contributed by atoms with Crippen LogP contribution in [0.1, 0.15) is 54.5 Å². The fraction of sp³-hybridized carbons (Fsp3) is 0.409. The summed E-state index contributed by atoms with van der Waals surface area (Å²) in [5.41, 5.74) is 5.17. The molecule has 1 N–H and O–H groups in total. The summed E-state index contributed by atoms with van der Waals surface area (Å²) in [5.74, 6) is 0.874. The lowest BCUT2D eigenvalue weighted by atomic mass is 9.88. The van der Waals surface area contributed by atoms with Crippen molar-refractivity contribution in [2.45, 2.75) is 51.5 Å². The number of hydrogen-bond acceptors (Lipinski definition) is 2. The molecular formula is C22H27NO2. The molecule has 0 radical (unpaired) electrons. The summed E-state index contributed by atoms with van der Waals surface area (Å²) in [6.07, 6.45) is 6.22. The van der Waals surface area contributed by atoms with Crippen LogP contribution >= 0.6 is 0 Å². The molecule has 3 rings (SSSR count). The van der Waals surface area contributed by atoms with Crippen LogP contribution in [0.4, 0.5) is 0 Å². The number of fused-ring (bicyclic) bond motifs is 1. The van der Waals surface area contributed by atoms with Gasteiger partial charge in [-0.2, -0.15) is 0 Å². The van der Waals surface area contributed by atoms with E-state index in [1.165, 1.54) is 42.4 Å². The third-order valence-electron chi connectivity index (χ3n) is 5.04. The average Bonchev–Trinajstić information content (AvgIpc) is 2.66. The Hall–Kier alpha value is -2.29. The molecule has 1 amide bonds. The summed E-state index contributed by atoms with van der Waals surface area (Å²) in [4.78, 5) is 12.5. The van der Waals surface area contributed by atoms with E-state index in [4.69, 9.17) is 4.74 Å². The SMILES string of the molecule is CCC(NC(=O)Cc1ccc(OC)cc1)c1ccc2c(c1)CCCC2. The van der Waals surface area contributed by atoms with Crippen LogP contribution in [0, 0.1) is 0 Å². The van der Waals surface area contributed by atoms with E-state index >= 15 is 0 Å². The number of aryl methyl sites for hydroxylation is 2. The van der Waals surface area contributed by atoms with Gasteiger partial charge in [-0.1, -0.05) is 37.3 Å². The Labute approximate surface area is 150 Å². The van der Waals surface area contributed by atoms with Gasteiger partial charge in [-0.3, -0.25) is 4.79 Å². The van der Waals surface area contributed by atoms with E-state index in [0.717, 1.165) is 17.7 Å². The van der Waals surface area contributed by atoms with Gasteiger partial charge >= 0.3 is 0 Å². The molecule has 0 bridgehead atoms. The van der Waals surface area contributed by atoms with Crippen LogP contribution in [0.3, 0.4) is 0 Å². The highest BCUT2D eigenvalue weighted by atomic mass is 16.5. The molecule has 3 nitrogen and oxygen atoms in total. The van der Waals surface area contributed by atoms with E-state index in [1.54, 1.807) is 7.11 Å². The van der Waals surface area contributed by atoms with Crippen LogP contribution < -0.4 is 10.1 Å². The second kappa shape index (κ2) is 8.19. The van der Waals surface area contributed by atoms with Crippen molar-refractivity contribution in [1.29, 1.82) is 0 Å². The molecule has 0 fully saturated rings. The zero-order chi connectivity index (χ0) is 17.6. The number of methoxy groups -OCH3 is 1. The second-order valence-electron chi connectivity index (χ2n) is 6.79. The third-order valence-corrected chi connectivity index (χ3v) is 5.04. The van der Waals surface area contributed by atoms with Gasteiger partial charge in [-0.05, 0) is 66.5 Å². The zero-order valence-electron chi connectivity index (χ0n) is 15.2.